The Balaban J connectivity index is 2.16. The van der Waals surface area contributed by atoms with Crippen molar-refractivity contribution in [2.24, 2.45) is 11.7 Å². The summed E-state index contributed by atoms with van der Waals surface area (Å²) in [4.78, 5) is 0.410. The lowest BCUT2D eigenvalue weighted by Crippen LogP contribution is -2.25. The minimum absolute atomic E-state index is 0.410. The Kier molecular flexibility index (Phi) is 4.46. The van der Waals surface area contributed by atoms with Gasteiger partial charge in [-0.25, -0.2) is 0 Å². The van der Waals surface area contributed by atoms with E-state index in [2.05, 4.69) is 12.2 Å². The lowest BCUT2D eigenvalue weighted by atomic mass is 9.99. The van der Waals surface area contributed by atoms with E-state index in [1.165, 1.54) is 25.7 Å². The first kappa shape index (κ1) is 13.6. The van der Waals surface area contributed by atoms with E-state index >= 15 is 0 Å². The molecular formula is C14H19ClN2S. The van der Waals surface area contributed by atoms with Gasteiger partial charge in [0.05, 0.1) is 0 Å². The van der Waals surface area contributed by atoms with Gasteiger partial charge in [0.15, 0.2) is 0 Å². The van der Waals surface area contributed by atoms with Crippen molar-refractivity contribution >= 4 is 34.5 Å². The van der Waals surface area contributed by atoms with Gasteiger partial charge in [0.1, 0.15) is 4.99 Å². The smallest absolute Gasteiger partial charge is 0.106 e. The molecular weight excluding hydrogens is 264 g/mol. The monoisotopic (exact) mass is 282 g/mol. The van der Waals surface area contributed by atoms with Gasteiger partial charge in [-0.1, -0.05) is 36.7 Å². The third-order valence-electron chi connectivity index (χ3n) is 3.74. The van der Waals surface area contributed by atoms with E-state index in [1.54, 1.807) is 0 Å². The molecule has 1 fully saturated rings. The molecule has 1 saturated carbocycles. The largest absolute Gasteiger partial charge is 0.389 e. The van der Waals surface area contributed by atoms with Crippen LogP contribution >= 0.6 is 23.8 Å². The summed E-state index contributed by atoms with van der Waals surface area (Å²) in [5.41, 5.74) is 7.57. The molecule has 0 saturated heterocycles. The third kappa shape index (κ3) is 3.15. The molecule has 0 amide bonds. The Morgan fingerprint density at radius 3 is 2.72 bits per heavy atom. The fraction of sp³-hybridized carbons (Fsp3) is 0.500. The maximum atomic E-state index is 6.04. The number of nitrogens with one attached hydrogen (secondary N) is 1. The van der Waals surface area contributed by atoms with Gasteiger partial charge in [-0.05, 0) is 43.9 Å². The molecule has 2 nitrogen and oxygen atoms in total. The summed E-state index contributed by atoms with van der Waals surface area (Å²) >= 11 is 11.1. The molecule has 4 heteroatoms. The summed E-state index contributed by atoms with van der Waals surface area (Å²) in [6.07, 6.45) is 5.29. The van der Waals surface area contributed by atoms with Crippen molar-refractivity contribution in [3.8, 4) is 0 Å². The van der Waals surface area contributed by atoms with Crippen molar-refractivity contribution in [2.75, 3.05) is 5.32 Å². The summed E-state index contributed by atoms with van der Waals surface area (Å²) in [7, 11) is 0. The van der Waals surface area contributed by atoms with E-state index in [4.69, 9.17) is 29.6 Å². The number of hydrogen-bond donors (Lipinski definition) is 2. The number of nitrogens with two attached hydrogens (primary N) is 1. The summed E-state index contributed by atoms with van der Waals surface area (Å²) in [5.74, 6) is 0.739. The summed E-state index contributed by atoms with van der Waals surface area (Å²) < 4.78 is 0. The number of benzene rings is 1. The van der Waals surface area contributed by atoms with Crippen molar-refractivity contribution < 1.29 is 0 Å². The maximum absolute atomic E-state index is 6.04. The first-order chi connectivity index (χ1) is 8.58. The highest BCUT2D eigenvalue weighted by atomic mass is 35.5. The van der Waals surface area contributed by atoms with E-state index in [-0.39, 0.29) is 0 Å². The van der Waals surface area contributed by atoms with Crippen LogP contribution in [-0.4, -0.2) is 11.0 Å². The van der Waals surface area contributed by atoms with Gasteiger partial charge >= 0.3 is 0 Å². The molecule has 98 valence electrons. The standard InChI is InChI=1S/C14H19ClN2S/c1-9(10-4-2-3-5-10)17-13-8-11(15)6-7-12(13)14(16)18/h6-10,17H,2-5H2,1H3,(H2,16,18). The zero-order chi connectivity index (χ0) is 13.1. The molecule has 0 heterocycles. The van der Waals surface area contributed by atoms with E-state index in [9.17, 15) is 0 Å². The fourth-order valence-corrected chi connectivity index (χ4v) is 3.02. The molecule has 1 aromatic carbocycles. The minimum Gasteiger partial charge on any atom is -0.389 e. The number of thiocarbonyl (C=S) groups is 1. The minimum atomic E-state index is 0.410. The fourth-order valence-electron chi connectivity index (χ4n) is 2.67. The lowest BCUT2D eigenvalue weighted by Gasteiger charge is -2.23. The second kappa shape index (κ2) is 5.89. The van der Waals surface area contributed by atoms with Crippen LogP contribution in [0.1, 0.15) is 38.2 Å². The number of rotatable bonds is 4. The van der Waals surface area contributed by atoms with Crippen LogP contribution in [0.15, 0.2) is 18.2 Å². The summed E-state index contributed by atoms with van der Waals surface area (Å²) in [6, 6.07) is 6.04. The van der Waals surface area contributed by atoms with E-state index < -0.39 is 0 Å². The van der Waals surface area contributed by atoms with Crippen LogP contribution in [0.2, 0.25) is 5.02 Å². The van der Waals surface area contributed by atoms with Crippen molar-refractivity contribution in [1.82, 2.24) is 0 Å². The summed E-state index contributed by atoms with van der Waals surface area (Å²) in [5, 5.41) is 4.23. The maximum Gasteiger partial charge on any atom is 0.106 e. The first-order valence-electron chi connectivity index (χ1n) is 6.44. The molecule has 1 aromatic rings. The summed E-state index contributed by atoms with van der Waals surface area (Å²) in [6.45, 7) is 2.22. The Bertz CT molecular complexity index is 441. The van der Waals surface area contributed by atoms with E-state index in [1.807, 2.05) is 18.2 Å². The van der Waals surface area contributed by atoms with Crippen LogP contribution in [0.5, 0.6) is 0 Å². The number of anilines is 1. The molecule has 2 rings (SSSR count). The topological polar surface area (TPSA) is 38.0 Å². The SMILES string of the molecule is CC(Nc1cc(Cl)ccc1C(N)=S)C1CCCC1. The van der Waals surface area contributed by atoms with E-state index in [0.717, 1.165) is 17.2 Å². The van der Waals surface area contributed by atoms with E-state index in [0.29, 0.717) is 16.1 Å². The van der Waals surface area contributed by atoms with Gasteiger partial charge < -0.3 is 11.1 Å². The first-order valence-corrected chi connectivity index (χ1v) is 7.22. The molecule has 1 aliphatic rings. The van der Waals surface area contributed by atoms with Crippen LogP contribution in [0.25, 0.3) is 0 Å². The number of halogens is 1. The average molecular weight is 283 g/mol. The predicted molar refractivity (Wildman–Crippen MR) is 82.4 cm³/mol. The van der Waals surface area contributed by atoms with Crippen molar-refractivity contribution in [3.05, 3.63) is 28.8 Å². The van der Waals surface area contributed by atoms with Gasteiger partial charge in [0.25, 0.3) is 0 Å². The Morgan fingerprint density at radius 1 is 1.44 bits per heavy atom. The molecule has 18 heavy (non-hydrogen) atoms. The Hall–Kier alpha value is -0.800. The average Bonchev–Trinajstić information content (AvgIpc) is 2.81. The normalized spacial score (nSPS) is 17.7. The zero-order valence-corrected chi connectivity index (χ0v) is 12.2. The van der Waals surface area contributed by atoms with Crippen LogP contribution in [0, 0.1) is 5.92 Å². The van der Waals surface area contributed by atoms with Crippen molar-refractivity contribution in [2.45, 2.75) is 38.6 Å². The Labute approximate surface area is 119 Å². The van der Waals surface area contributed by atoms with Crippen LogP contribution in [0.3, 0.4) is 0 Å². The quantitative estimate of drug-likeness (QED) is 0.821. The van der Waals surface area contributed by atoms with Gasteiger partial charge in [-0.15, -0.1) is 0 Å². The Morgan fingerprint density at radius 2 is 2.11 bits per heavy atom. The molecule has 0 spiro atoms. The van der Waals surface area contributed by atoms with Gasteiger partial charge in [0.2, 0.25) is 0 Å². The molecule has 0 aromatic heterocycles. The molecule has 0 radical (unpaired) electrons. The molecule has 0 aliphatic heterocycles. The highest BCUT2D eigenvalue weighted by Crippen LogP contribution is 2.30. The molecule has 1 aliphatic carbocycles. The van der Waals surface area contributed by atoms with Crippen molar-refractivity contribution in [3.63, 3.8) is 0 Å². The van der Waals surface area contributed by atoms with Gasteiger partial charge in [-0.2, -0.15) is 0 Å². The zero-order valence-electron chi connectivity index (χ0n) is 10.6. The molecule has 1 atom stereocenters. The predicted octanol–water partition coefficient (Wildman–Crippen LogP) is 3.96. The second-order valence-corrected chi connectivity index (χ2v) is 5.91. The third-order valence-corrected chi connectivity index (χ3v) is 4.19. The van der Waals surface area contributed by atoms with Crippen LogP contribution in [0.4, 0.5) is 5.69 Å². The second-order valence-electron chi connectivity index (χ2n) is 5.03. The molecule has 0 bridgehead atoms. The van der Waals surface area contributed by atoms with Crippen molar-refractivity contribution in [1.29, 1.82) is 0 Å². The molecule has 3 N–H and O–H groups in total. The highest BCUT2D eigenvalue weighted by Gasteiger charge is 2.22. The lowest BCUT2D eigenvalue weighted by molar-refractivity contribution is 0.482. The number of hydrogen-bond acceptors (Lipinski definition) is 2. The van der Waals surface area contributed by atoms with Crippen LogP contribution in [-0.2, 0) is 0 Å². The van der Waals surface area contributed by atoms with Gasteiger partial charge in [0, 0.05) is 22.3 Å². The highest BCUT2D eigenvalue weighted by molar-refractivity contribution is 7.80. The van der Waals surface area contributed by atoms with Gasteiger partial charge in [-0.3, -0.25) is 0 Å². The molecule has 1 unspecified atom stereocenters. The van der Waals surface area contributed by atoms with Crippen LogP contribution < -0.4 is 11.1 Å².